The maximum absolute atomic E-state index is 10.9. The van der Waals surface area contributed by atoms with E-state index in [-0.39, 0.29) is 6.42 Å². The van der Waals surface area contributed by atoms with Crippen molar-refractivity contribution in [2.45, 2.75) is 52.7 Å². The van der Waals surface area contributed by atoms with Crippen molar-refractivity contribution in [1.29, 1.82) is 0 Å². The number of aliphatic hydroxyl groups is 2. The first-order chi connectivity index (χ1) is 8.80. The largest absolute Gasteiger partial charge is 0.481 e. The predicted octanol–water partition coefficient (Wildman–Crippen LogP) is 1.62. The van der Waals surface area contributed by atoms with Gasteiger partial charge in [0.25, 0.3) is 0 Å². The van der Waals surface area contributed by atoms with Crippen molar-refractivity contribution in [3.63, 3.8) is 0 Å². The summed E-state index contributed by atoms with van der Waals surface area (Å²) in [6, 6.07) is 0. The van der Waals surface area contributed by atoms with Crippen molar-refractivity contribution in [1.82, 2.24) is 0 Å². The van der Waals surface area contributed by atoms with Crippen LogP contribution in [-0.2, 0) is 9.59 Å². The third-order valence-electron chi connectivity index (χ3n) is 3.18. The van der Waals surface area contributed by atoms with Gasteiger partial charge in [-0.1, -0.05) is 6.08 Å². The first-order valence-corrected chi connectivity index (χ1v) is 6.39. The minimum atomic E-state index is -2.23. The summed E-state index contributed by atoms with van der Waals surface area (Å²) in [7, 11) is 0. The summed E-state index contributed by atoms with van der Waals surface area (Å²) in [5, 5.41) is 37.3. The van der Waals surface area contributed by atoms with Crippen LogP contribution in [0.2, 0.25) is 0 Å². The van der Waals surface area contributed by atoms with Crippen LogP contribution in [0, 0.1) is 10.8 Å². The summed E-state index contributed by atoms with van der Waals surface area (Å²) < 4.78 is 0. The van der Waals surface area contributed by atoms with Crippen LogP contribution in [0.15, 0.2) is 12.2 Å². The molecular weight excluding hydrogens is 264 g/mol. The lowest BCUT2D eigenvalue weighted by molar-refractivity contribution is -0.167. The van der Waals surface area contributed by atoms with E-state index in [0.29, 0.717) is 12.8 Å². The van der Waals surface area contributed by atoms with Gasteiger partial charge in [0, 0.05) is 6.42 Å². The van der Waals surface area contributed by atoms with Crippen LogP contribution < -0.4 is 0 Å². The monoisotopic (exact) mass is 288 g/mol. The predicted molar refractivity (Wildman–Crippen MR) is 73.0 cm³/mol. The van der Waals surface area contributed by atoms with Gasteiger partial charge in [-0.3, -0.25) is 9.59 Å². The van der Waals surface area contributed by atoms with Crippen molar-refractivity contribution in [3.05, 3.63) is 12.2 Å². The molecule has 0 rings (SSSR count). The average Bonchev–Trinajstić information content (AvgIpc) is 2.22. The fraction of sp³-hybridized carbons (Fsp3) is 0.714. The van der Waals surface area contributed by atoms with E-state index >= 15 is 0 Å². The Morgan fingerprint density at radius 3 is 1.80 bits per heavy atom. The van der Waals surface area contributed by atoms with Gasteiger partial charge in [-0.2, -0.15) is 0 Å². The Labute approximate surface area is 118 Å². The summed E-state index contributed by atoms with van der Waals surface area (Å²) in [5.41, 5.74) is -2.16. The van der Waals surface area contributed by atoms with Gasteiger partial charge >= 0.3 is 11.9 Å². The molecule has 0 saturated carbocycles. The van der Waals surface area contributed by atoms with Crippen LogP contribution >= 0.6 is 0 Å². The molecule has 0 aromatic rings. The Hall–Kier alpha value is -1.40. The number of allylic oxidation sites excluding steroid dienone is 1. The lowest BCUT2D eigenvalue weighted by atomic mass is 9.84. The molecule has 6 nitrogen and oxygen atoms in total. The number of carboxylic acid groups (broad SMARTS) is 2. The van der Waals surface area contributed by atoms with E-state index in [1.165, 1.54) is 19.9 Å². The summed E-state index contributed by atoms with van der Waals surface area (Å²) in [4.78, 5) is 21.8. The molecule has 116 valence electrons. The highest BCUT2D eigenvalue weighted by Crippen LogP contribution is 2.28. The molecule has 0 heterocycles. The summed E-state index contributed by atoms with van der Waals surface area (Å²) in [5.74, 6) is -4.27. The first-order valence-electron chi connectivity index (χ1n) is 6.39. The number of aliphatic carboxylic acids is 2. The van der Waals surface area contributed by atoms with Crippen LogP contribution in [-0.4, -0.2) is 38.2 Å². The van der Waals surface area contributed by atoms with Gasteiger partial charge < -0.3 is 20.4 Å². The molecule has 0 aliphatic heterocycles. The van der Waals surface area contributed by atoms with E-state index in [4.69, 9.17) is 10.2 Å². The second-order valence-corrected chi connectivity index (χ2v) is 6.37. The van der Waals surface area contributed by atoms with Crippen LogP contribution in [0.3, 0.4) is 0 Å². The fourth-order valence-electron chi connectivity index (χ4n) is 1.61. The molecule has 0 saturated heterocycles. The van der Waals surface area contributed by atoms with Gasteiger partial charge in [-0.05, 0) is 46.6 Å². The number of carbonyl (C=O) groups is 2. The molecule has 4 N–H and O–H groups in total. The molecule has 0 aromatic carbocycles. The summed E-state index contributed by atoms with van der Waals surface area (Å²) >= 11 is 0. The van der Waals surface area contributed by atoms with Gasteiger partial charge in [0.1, 0.15) is 0 Å². The Morgan fingerprint density at radius 2 is 1.40 bits per heavy atom. The van der Waals surface area contributed by atoms with Gasteiger partial charge in [-0.15, -0.1) is 0 Å². The normalized spacial score (nSPS) is 13.7. The minimum Gasteiger partial charge on any atom is -0.481 e. The van der Waals surface area contributed by atoms with E-state index in [0.717, 1.165) is 6.08 Å². The Balaban J connectivity index is 4.52. The van der Waals surface area contributed by atoms with E-state index in [1.807, 2.05) is 0 Å². The molecule has 6 heteroatoms. The first kappa shape index (κ1) is 18.6. The van der Waals surface area contributed by atoms with Gasteiger partial charge in [0.15, 0.2) is 5.79 Å². The van der Waals surface area contributed by atoms with Gasteiger partial charge in [0.05, 0.1) is 10.8 Å². The van der Waals surface area contributed by atoms with Crippen molar-refractivity contribution in [3.8, 4) is 0 Å². The number of hydrogen-bond donors (Lipinski definition) is 4. The zero-order chi connectivity index (χ0) is 16.2. The topological polar surface area (TPSA) is 115 Å². The standard InChI is InChI=1S/C14H24O6/c1-12(2,10(15)16)7-5-6-8-14(19,20)9-13(3,4)11(17)18/h6,8,19-20H,5,7,9H2,1-4H3,(H,15,16)(H,17,18). The van der Waals surface area contributed by atoms with E-state index in [2.05, 4.69) is 0 Å². The van der Waals surface area contributed by atoms with Crippen molar-refractivity contribution < 1.29 is 30.0 Å². The van der Waals surface area contributed by atoms with E-state index in [9.17, 15) is 19.8 Å². The fourth-order valence-corrected chi connectivity index (χ4v) is 1.61. The smallest absolute Gasteiger partial charge is 0.309 e. The zero-order valence-corrected chi connectivity index (χ0v) is 12.4. The molecule has 0 aromatic heterocycles. The van der Waals surface area contributed by atoms with Crippen LogP contribution in [0.5, 0.6) is 0 Å². The quantitative estimate of drug-likeness (QED) is 0.398. The molecule has 0 aliphatic rings. The molecule has 0 atom stereocenters. The van der Waals surface area contributed by atoms with Gasteiger partial charge in [-0.25, -0.2) is 0 Å². The molecule has 20 heavy (non-hydrogen) atoms. The second kappa shape index (κ2) is 6.37. The summed E-state index contributed by atoms with van der Waals surface area (Å²) in [6.07, 6.45) is 2.92. The molecule has 0 unspecified atom stereocenters. The molecule has 0 aliphatic carbocycles. The molecular formula is C14H24O6. The minimum absolute atomic E-state index is 0.344. The highest BCUT2D eigenvalue weighted by molar-refractivity contribution is 5.74. The van der Waals surface area contributed by atoms with Crippen LogP contribution in [0.1, 0.15) is 47.0 Å². The number of rotatable bonds is 8. The maximum atomic E-state index is 10.9. The van der Waals surface area contributed by atoms with Crippen LogP contribution in [0.25, 0.3) is 0 Å². The van der Waals surface area contributed by atoms with Crippen molar-refractivity contribution in [2.24, 2.45) is 10.8 Å². The lowest BCUT2D eigenvalue weighted by Crippen LogP contribution is -2.36. The Bertz CT molecular complexity index is 392. The van der Waals surface area contributed by atoms with Crippen molar-refractivity contribution >= 4 is 11.9 Å². The molecule has 0 amide bonds. The second-order valence-electron chi connectivity index (χ2n) is 6.37. The lowest BCUT2D eigenvalue weighted by Gasteiger charge is -2.27. The zero-order valence-electron chi connectivity index (χ0n) is 12.4. The number of hydrogen-bond acceptors (Lipinski definition) is 4. The highest BCUT2D eigenvalue weighted by atomic mass is 16.5. The van der Waals surface area contributed by atoms with Gasteiger partial charge in [0.2, 0.25) is 0 Å². The Kier molecular flexibility index (Phi) is 5.92. The molecule has 0 radical (unpaired) electrons. The van der Waals surface area contributed by atoms with E-state index in [1.54, 1.807) is 13.8 Å². The van der Waals surface area contributed by atoms with E-state index < -0.39 is 28.6 Å². The van der Waals surface area contributed by atoms with Crippen molar-refractivity contribution in [2.75, 3.05) is 0 Å². The SMILES string of the molecule is CC(C)(CCC=CC(O)(O)CC(C)(C)C(=O)O)C(=O)O. The number of carboxylic acids is 2. The molecule has 0 spiro atoms. The molecule has 0 fully saturated rings. The third-order valence-corrected chi connectivity index (χ3v) is 3.18. The average molecular weight is 288 g/mol. The third kappa shape index (κ3) is 6.16. The maximum Gasteiger partial charge on any atom is 0.309 e. The molecule has 0 bridgehead atoms. The highest BCUT2D eigenvalue weighted by Gasteiger charge is 2.36. The van der Waals surface area contributed by atoms with Crippen LogP contribution in [0.4, 0.5) is 0 Å². The summed E-state index contributed by atoms with van der Waals surface area (Å²) in [6.45, 7) is 5.97. The Morgan fingerprint density at radius 1 is 0.950 bits per heavy atom.